The van der Waals surface area contributed by atoms with Gasteiger partial charge in [-0.25, -0.2) is 4.98 Å². The molecule has 0 saturated carbocycles. The predicted molar refractivity (Wildman–Crippen MR) is 104 cm³/mol. The average molecular weight is 340 g/mol. The fourth-order valence-corrected chi connectivity index (χ4v) is 3.17. The number of anilines is 3. The first-order valence-corrected chi connectivity index (χ1v) is 8.96. The minimum atomic E-state index is -0.132. The summed E-state index contributed by atoms with van der Waals surface area (Å²) in [6.45, 7) is 4.02. The van der Waals surface area contributed by atoms with Gasteiger partial charge in [0.1, 0.15) is 5.82 Å². The summed E-state index contributed by atoms with van der Waals surface area (Å²) >= 11 is 0. The lowest BCUT2D eigenvalue weighted by Crippen LogP contribution is -2.35. The molecule has 0 spiro atoms. The van der Waals surface area contributed by atoms with Crippen molar-refractivity contribution in [3.8, 4) is 0 Å². The monoisotopic (exact) mass is 340 g/mol. The SMILES string of the molecule is CC(Nc1ccc(N(C)C)nc1)c1ccc(N2CCC(O)CC2)cc1. The molecule has 5 nitrogen and oxygen atoms in total. The highest BCUT2D eigenvalue weighted by Gasteiger charge is 2.17. The molecule has 0 aliphatic carbocycles. The van der Waals surface area contributed by atoms with Crippen molar-refractivity contribution in [1.29, 1.82) is 0 Å². The van der Waals surface area contributed by atoms with Gasteiger partial charge in [-0.15, -0.1) is 0 Å². The summed E-state index contributed by atoms with van der Waals surface area (Å²) in [5, 5.41) is 13.1. The van der Waals surface area contributed by atoms with E-state index in [2.05, 4.69) is 52.5 Å². The molecule has 1 aliphatic heterocycles. The van der Waals surface area contributed by atoms with Gasteiger partial charge in [-0.05, 0) is 49.6 Å². The molecule has 0 amide bonds. The highest BCUT2D eigenvalue weighted by Crippen LogP contribution is 2.24. The van der Waals surface area contributed by atoms with Crippen molar-refractivity contribution in [2.45, 2.75) is 31.9 Å². The van der Waals surface area contributed by atoms with E-state index >= 15 is 0 Å². The van der Waals surface area contributed by atoms with E-state index in [9.17, 15) is 5.11 Å². The molecule has 2 N–H and O–H groups in total. The van der Waals surface area contributed by atoms with Gasteiger partial charge in [0, 0.05) is 38.9 Å². The highest BCUT2D eigenvalue weighted by molar-refractivity contribution is 5.51. The van der Waals surface area contributed by atoms with Crippen LogP contribution in [0.5, 0.6) is 0 Å². The number of aliphatic hydroxyl groups is 1. The predicted octanol–water partition coefficient (Wildman–Crippen LogP) is 3.28. The van der Waals surface area contributed by atoms with Crippen LogP contribution in [0, 0.1) is 0 Å². The third-order valence-electron chi connectivity index (χ3n) is 4.81. The van der Waals surface area contributed by atoms with E-state index in [0.29, 0.717) is 0 Å². The molecule has 1 aromatic heterocycles. The van der Waals surface area contributed by atoms with Crippen molar-refractivity contribution in [3.63, 3.8) is 0 Å². The first-order valence-electron chi connectivity index (χ1n) is 8.96. The summed E-state index contributed by atoms with van der Waals surface area (Å²) < 4.78 is 0. The maximum absolute atomic E-state index is 9.64. The van der Waals surface area contributed by atoms with E-state index in [1.165, 1.54) is 11.3 Å². The van der Waals surface area contributed by atoms with Gasteiger partial charge in [0.05, 0.1) is 18.0 Å². The quantitative estimate of drug-likeness (QED) is 0.875. The van der Waals surface area contributed by atoms with Crippen LogP contribution in [-0.4, -0.2) is 43.4 Å². The molecule has 1 saturated heterocycles. The molecule has 25 heavy (non-hydrogen) atoms. The Hall–Kier alpha value is -2.27. The van der Waals surface area contributed by atoms with E-state index < -0.39 is 0 Å². The van der Waals surface area contributed by atoms with Crippen molar-refractivity contribution in [1.82, 2.24) is 4.98 Å². The van der Waals surface area contributed by atoms with Gasteiger partial charge in [0.15, 0.2) is 0 Å². The average Bonchev–Trinajstić information content (AvgIpc) is 2.63. The van der Waals surface area contributed by atoms with Crippen LogP contribution in [0.25, 0.3) is 0 Å². The van der Waals surface area contributed by atoms with Crippen molar-refractivity contribution in [2.24, 2.45) is 0 Å². The Bertz CT molecular complexity index is 661. The summed E-state index contributed by atoms with van der Waals surface area (Å²) in [6.07, 6.45) is 3.46. The van der Waals surface area contributed by atoms with Crippen LogP contribution < -0.4 is 15.1 Å². The Labute approximate surface area is 150 Å². The third-order valence-corrected chi connectivity index (χ3v) is 4.81. The van der Waals surface area contributed by atoms with E-state index in [0.717, 1.165) is 37.4 Å². The molecule has 2 heterocycles. The summed E-state index contributed by atoms with van der Waals surface area (Å²) in [6, 6.07) is 13.0. The van der Waals surface area contributed by atoms with Gasteiger partial charge in [-0.2, -0.15) is 0 Å². The topological polar surface area (TPSA) is 51.6 Å². The number of benzene rings is 1. The molecule has 0 bridgehead atoms. The molecular weight excluding hydrogens is 312 g/mol. The molecule has 3 rings (SSSR count). The van der Waals surface area contributed by atoms with Crippen LogP contribution in [-0.2, 0) is 0 Å². The third kappa shape index (κ3) is 4.42. The lowest BCUT2D eigenvalue weighted by atomic mass is 10.0. The van der Waals surface area contributed by atoms with Crippen LogP contribution in [0.1, 0.15) is 31.4 Å². The number of nitrogens with one attached hydrogen (secondary N) is 1. The van der Waals surface area contributed by atoms with Crippen molar-refractivity contribution in [2.75, 3.05) is 42.3 Å². The molecule has 134 valence electrons. The lowest BCUT2D eigenvalue weighted by molar-refractivity contribution is 0.145. The van der Waals surface area contributed by atoms with Crippen LogP contribution in [0.15, 0.2) is 42.6 Å². The fourth-order valence-electron chi connectivity index (χ4n) is 3.17. The van der Waals surface area contributed by atoms with Crippen LogP contribution in [0.2, 0.25) is 0 Å². The second-order valence-corrected chi connectivity index (χ2v) is 6.98. The number of aliphatic hydroxyl groups excluding tert-OH is 1. The van der Waals surface area contributed by atoms with Crippen LogP contribution in [0.3, 0.4) is 0 Å². The molecular formula is C20H28N4O. The Kier molecular flexibility index (Phi) is 5.43. The molecule has 1 aromatic carbocycles. The second kappa shape index (κ2) is 7.74. The second-order valence-electron chi connectivity index (χ2n) is 6.98. The number of nitrogens with zero attached hydrogens (tertiary/aromatic N) is 3. The summed E-state index contributed by atoms with van der Waals surface area (Å²) in [7, 11) is 3.98. The molecule has 0 radical (unpaired) electrons. The maximum Gasteiger partial charge on any atom is 0.128 e. The Balaban J connectivity index is 1.61. The van der Waals surface area contributed by atoms with Crippen molar-refractivity contribution >= 4 is 17.2 Å². The number of piperidine rings is 1. The standard InChI is InChI=1S/C20H28N4O/c1-15(22-17-6-9-20(21-14-17)23(2)3)16-4-7-18(8-5-16)24-12-10-19(25)11-13-24/h4-9,14-15,19,22,25H,10-13H2,1-3H3. The van der Waals surface area contributed by atoms with E-state index in [4.69, 9.17) is 0 Å². The van der Waals surface area contributed by atoms with E-state index in [-0.39, 0.29) is 12.1 Å². The Morgan fingerprint density at radius 2 is 1.80 bits per heavy atom. The van der Waals surface area contributed by atoms with Gasteiger partial charge < -0.3 is 20.2 Å². The largest absolute Gasteiger partial charge is 0.393 e. The van der Waals surface area contributed by atoms with Crippen LogP contribution >= 0.6 is 0 Å². The zero-order chi connectivity index (χ0) is 17.8. The van der Waals surface area contributed by atoms with Gasteiger partial charge in [0.25, 0.3) is 0 Å². The Morgan fingerprint density at radius 3 is 2.36 bits per heavy atom. The minimum absolute atomic E-state index is 0.132. The summed E-state index contributed by atoms with van der Waals surface area (Å²) in [4.78, 5) is 8.78. The van der Waals surface area contributed by atoms with Crippen molar-refractivity contribution < 1.29 is 5.11 Å². The molecule has 1 fully saturated rings. The number of hydrogen-bond donors (Lipinski definition) is 2. The zero-order valence-corrected chi connectivity index (χ0v) is 15.3. The van der Waals surface area contributed by atoms with E-state index in [1.807, 2.05) is 31.3 Å². The van der Waals surface area contributed by atoms with Gasteiger partial charge in [-0.3, -0.25) is 0 Å². The van der Waals surface area contributed by atoms with E-state index in [1.54, 1.807) is 0 Å². The molecule has 1 atom stereocenters. The number of aromatic nitrogens is 1. The smallest absolute Gasteiger partial charge is 0.128 e. The normalized spacial score (nSPS) is 16.6. The number of rotatable bonds is 5. The maximum atomic E-state index is 9.64. The zero-order valence-electron chi connectivity index (χ0n) is 15.3. The first kappa shape index (κ1) is 17.5. The van der Waals surface area contributed by atoms with Crippen LogP contribution in [0.4, 0.5) is 17.2 Å². The molecule has 1 aliphatic rings. The van der Waals surface area contributed by atoms with Gasteiger partial charge in [0.2, 0.25) is 0 Å². The molecule has 2 aromatic rings. The van der Waals surface area contributed by atoms with Gasteiger partial charge >= 0.3 is 0 Å². The minimum Gasteiger partial charge on any atom is -0.393 e. The molecule has 1 unspecified atom stereocenters. The van der Waals surface area contributed by atoms with Gasteiger partial charge in [-0.1, -0.05) is 12.1 Å². The summed E-state index contributed by atoms with van der Waals surface area (Å²) in [5.41, 5.74) is 3.50. The number of pyridine rings is 1. The first-order chi connectivity index (χ1) is 12.0. The Morgan fingerprint density at radius 1 is 1.12 bits per heavy atom. The molecule has 5 heteroatoms. The lowest BCUT2D eigenvalue weighted by Gasteiger charge is -2.31. The highest BCUT2D eigenvalue weighted by atomic mass is 16.3. The summed E-state index contributed by atoms with van der Waals surface area (Å²) in [5.74, 6) is 0.953. The number of hydrogen-bond acceptors (Lipinski definition) is 5. The fraction of sp³-hybridized carbons (Fsp3) is 0.450. The van der Waals surface area contributed by atoms with Crippen molar-refractivity contribution in [3.05, 3.63) is 48.2 Å².